The number of carbonyl (C=O) groups excluding carboxylic acids is 1. The summed E-state index contributed by atoms with van der Waals surface area (Å²) in [4.78, 5) is 14.7. The lowest BCUT2D eigenvalue weighted by Crippen LogP contribution is -2.38. The van der Waals surface area contributed by atoms with Crippen molar-refractivity contribution < 1.29 is 19.1 Å². The van der Waals surface area contributed by atoms with Crippen LogP contribution in [0.2, 0.25) is 0 Å². The fraction of sp³-hybridized carbons (Fsp3) is 0.526. The van der Waals surface area contributed by atoms with E-state index in [1.807, 2.05) is 25.1 Å². The van der Waals surface area contributed by atoms with E-state index in [9.17, 15) is 9.90 Å². The number of aliphatic hydroxyl groups excluding tert-OH is 1. The molecule has 1 aromatic heterocycles. The van der Waals surface area contributed by atoms with Crippen LogP contribution in [0.25, 0.3) is 11.0 Å². The molecule has 1 saturated carbocycles. The molecule has 24 heavy (non-hydrogen) atoms. The zero-order valence-electron chi connectivity index (χ0n) is 14.5. The van der Waals surface area contributed by atoms with Gasteiger partial charge >= 0.3 is 0 Å². The van der Waals surface area contributed by atoms with Crippen LogP contribution in [0, 0.1) is 12.8 Å². The summed E-state index contributed by atoms with van der Waals surface area (Å²) in [7, 11) is 3.40. The number of aryl methyl sites for hydroxylation is 1. The van der Waals surface area contributed by atoms with Gasteiger partial charge < -0.3 is 19.2 Å². The summed E-state index contributed by atoms with van der Waals surface area (Å²) >= 11 is 0. The van der Waals surface area contributed by atoms with Crippen molar-refractivity contribution in [1.29, 1.82) is 0 Å². The number of aliphatic hydroxyl groups is 1. The lowest BCUT2D eigenvalue weighted by atomic mass is 9.86. The summed E-state index contributed by atoms with van der Waals surface area (Å²) in [6.07, 6.45) is 3.68. The van der Waals surface area contributed by atoms with E-state index in [2.05, 4.69) is 0 Å². The zero-order chi connectivity index (χ0) is 17.3. The largest absolute Gasteiger partial charge is 0.497 e. The topological polar surface area (TPSA) is 62.9 Å². The molecule has 2 aromatic rings. The first-order valence-corrected chi connectivity index (χ1v) is 8.52. The highest BCUT2D eigenvalue weighted by Gasteiger charge is 2.28. The van der Waals surface area contributed by atoms with E-state index >= 15 is 0 Å². The first-order chi connectivity index (χ1) is 11.5. The molecule has 1 fully saturated rings. The first-order valence-electron chi connectivity index (χ1n) is 8.52. The second-order valence-corrected chi connectivity index (χ2v) is 6.69. The average Bonchev–Trinajstić information content (AvgIpc) is 2.90. The minimum atomic E-state index is -0.309. The summed E-state index contributed by atoms with van der Waals surface area (Å²) in [5, 5.41) is 10.9. The molecule has 0 aliphatic heterocycles. The monoisotopic (exact) mass is 331 g/mol. The lowest BCUT2D eigenvalue weighted by molar-refractivity contribution is 0.0451. The number of rotatable bonds is 4. The number of hydrogen-bond donors (Lipinski definition) is 1. The maximum absolute atomic E-state index is 13.0. The van der Waals surface area contributed by atoms with E-state index in [-0.39, 0.29) is 17.9 Å². The summed E-state index contributed by atoms with van der Waals surface area (Å²) in [6, 6.07) is 5.48. The Labute approximate surface area is 142 Å². The van der Waals surface area contributed by atoms with Gasteiger partial charge in [-0.05, 0) is 38.0 Å². The molecular formula is C19H25NO4. The molecule has 0 radical (unpaired) electrons. The number of carbonyl (C=O) groups is 1. The van der Waals surface area contributed by atoms with E-state index in [0.717, 1.165) is 31.1 Å². The Morgan fingerprint density at radius 2 is 2.12 bits per heavy atom. The van der Waals surface area contributed by atoms with E-state index < -0.39 is 0 Å². The van der Waals surface area contributed by atoms with Crippen LogP contribution in [-0.2, 0) is 0 Å². The van der Waals surface area contributed by atoms with Crippen LogP contribution in [-0.4, -0.2) is 42.7 Å². The highest BCUT2D eigenvalue weighted by Crippen LogP contribution is 2.31. The highest BCUT2D eigenvalue weighted by atomic mass is 16.5. The quantitative estimate of drug-likeness (QED) is 0.933. The predicted octanol–water partition coefficient (Wildman–Crippen LogP) is 3.37. The number of methoxy groups -OCH3 is 1. The number of ether oxygens (including phenoxy) is 1. The maximum atomic E-state index is 13.0. The minimum Gasteiger partial charge on any atom is -0.497 e. The molecular weight excluding hydrogens is 306 g/mol. The smallest absolute Gasteiger partial charge is 0.257 e. The molecule has 1 aliphatic rings. The van der Waals surface area contributed by atoms with Crippen molar-refractivity contribution in [3.8, 4) is 5.75 Å². The minimum absolute atomic E-state index is 0.0720. The fourth-order valence-corrected chi connectivity index (χ4v) is 3.62. The third kappa shape index (κ3) is 3.13. The van der Waals surface area contributed by atoms with Gasteiger partial charge in [0, 0.05) is 24.9 Å². The lowest BCUT2D eigenvalue weighted by Gasteiger charge is -2.31. The molecule has 1 N–H and O–H groups in total. The molecule has 130 valence electrons. The maximum Gasteiger partial charge on any atom is 0.257 e. The SMILES string of the molecule is COc1ccc2oc(C)c(C(=O)N(C)CC3CCCCC3O)c2c1. The van der Waals surface area contributed by atoms with Gasteiger partial charge in [-0.2, -0.15) is 0 Å². The van der Waals surface area contributed by atoms with Gasteiger partial charge in [-0.3, -0.25) is 4.79 Å². The second kappa shape index (κ2) is 6.85. The number of benzene rings is 1. The van der Waals surface area contributed by atoms with Crippen molar-refractivity contribution in [3.05, 3.63) is 29.5 Å². The van der Waals surface area contributed by atoms with Crippen molar-refractivity contribution in [3.63, 3.8) is 0 Å². The second-order valence-electron chi connectivity index (χ2n) is 6.69. The van der Waals surface area contributed by atoms with Crippen LogP contribution in [0.1, 0.15) is 41.8 Å². The van der Waals surface area contributed by atoms with Gasteiger partial charge in [-0.25, -0.2) is 0 Å². The zero-order valence-corrected chi connectivity index (χ0v) is 14.5. The third-order valence-corrected chi connectivity index (χ3v) is 5.01. The molecule has 5 nitrogen and oxygen atoms in total. The Balaban J connectivity index is 1.85. The van der Waals surface area contributed by atoms with Crippen molar-refractivity contribution in [1.82, 2.24) is 4.90 Å². The molecule has 1 aromatic carbocycles. The Bertz CT molecular complexity index is 736. The van der Waals surface area contributed by atoms with Crippen molar-refractivity contribution >= 4 is 16.9 Å². The van der Waals surface area contributed by atoms with Crippen LogP contribution < -0.4 is 4.74 Å². The summed E-state index contributed by atoms with van der Waals surface area (Å²) in [5.74, 6) is 1.39. The molecule has 0 saturated heterocycles. The van der Waals surface area contributed by atoms with Crippen molar-refractivity contribution in [2.45, 2.75) is 38.7 Å². The number of amides is 1. The molecule has 2 atom stereocenters. The molecule has 2 unspecified atom stereocenters. The van der Waals surface area contributed by atoms with Gasteiger partial charge in [0.1, 0.15) is 17.1 Å². The summed E-state index contributed by atoms with van der Waals surface area (Å²) in [5.41, 5.74) is 1.26. The van der Waals surface area contributed by atoms with Crippen LogP contribution in [0.5, 0.6) is 5.75 Å². The fourth-order valence-electron chi connectivity index (χ4n) is 3.62. The third-order valence-electron chi connectivity index (χ3n) is 5.01. The number of furan rings is 1. The van der Waals surface area contributed by atoms with Crippen LogP contribution >= 0.6 is 0 Å². The van der Waals surface area contributed by atoms with E-state index in [0.29, 0.717) is 29.2 Å². The molecule has 0 spiro atoms. The first kappa shape index (κ1) is 16.8. The average molecular weight is 331 g/mol. The predicted molar refractivity (Wildman–Crippen MR) is 92.4 cm³/mol. The molecule has 0 bridgehead atoms. The number of fused-ring (bicyclic) bond motifs is 1. The number of hydrogen-bond acceptors (Lipinski definition) is 4. The molecule has 1 aliphatic carbocycles. The van der Waals surface area contributed by atoms with Crippen LogP contribution in [0.3, 0.4) is 0 Å². The van der Waals surface area contributed by atoms with Gasteiger partial charge in [0.2, 0.25) is 0 Å². The van der Waals surface area contributed by atoms with Gasteiger partial charge in [0.05, 0.1) is 18.8 Å². The highest BCUT2D eigenvalue weighted by molar-refractivity contribution is 6.07. The molecule has 1 amide bonds. The molecule has 1 heterocycles. The Morgan fingerprint density at radius 1 is 1.38 bits per heavy atom. The van der Waals surface area contributed by atoms with Crippen LogP contribution in [0.15, 0.2) is 22.6 Å². The Hall–Kier alpha value is -2.01. The van der Waals surface area contributed by atoms with Crippen molar-refractivity contribution in [2.75, 3.05) is 20.7 Å². The normalized spacial score (nSPS) is 21.0. The Kier molecular flexibility index (Phi) is 4.81. The van der Waals surface area contributed by atoms with E-state index in [1.165, 1.54) is 0 Å². The van der Waals surface area contributed by atoms with E-state index in [1.54, 1.807) is 19.1 Å². The summed E-state index contributed by atoms with van der Waals surface area (Å²) < 4.78 is 11.0. The van der Waals surface area contributed by atoms with Crippen molar-refractivity contribution in [2.24, 2.45) is 5.92 Å². The van der Waals surface area contributed by atoms with Gasteiger partial charge in [0.25, 0.3) is 5.91 Å². The Morgan fingerprint density at radius 3 is 2.83 bits per heavy atom. The number of nitrogens with zero attached hydrogens (tertiary/aromatic N) is 1. The summed E-state index contributed by atoms with van der Waals surface area (Å²) in [6.45, 7) is 2.37. The standard InChI is InChI=1S/C19H25NO4/c1-12-18(15-10-14(23-3)8-9-17(15)24-12)19(22)20(2)11-13-6-4-5-7-16(13)21/h8-10,13,16,21H,4-7,11H2,1-3H3. The van der Waals surface area contributed by atoms with Gasteiger partial charge in [-0.1, -0.05) is 12.8 Å². The molecule has 5 heteroatoms. The molecule has 3 rings (SSSR count). The van der Waals surface area contributed by atoms with Crippen LogP contribution in [0.4, 0.5) is 0 Å². The van der Waals surface area contributed by atoms with E-state index in [4.69, 9.17) is 9.15 Å². The van der Waals surface area contributed by atoms with Gasteiger partial charge in [0.15, 0.2) is 0 Å². The van der Waals surface area contributed by atoms with Gasteiger partial charge in [-0.15, -0.1) is 0 Å².